The Morgan fingerprint density at radius 2 is 2.00 bits per heavy atom. The van der Waals surface area contributed by atoms with Gasteiger partial charge in [0.2, 0.25) is 11.9 Å². The number of nitrogens with two attached hydrogens (primary N) is 1. The Hall–Kier alpha value is -2.98. The topological polar surface area (TPSA) is 101 Å². The maximum absolute atomic E-state index is 13.8. The predicted octanol–water partition coefficient (Wildman–Crippen LogP) is 4.60. The molecule has 2 aromatic carbocycles. The van der Waals surface area contributed by atoms with Gasteiger partial charge in [-0.3, -0.25) is 0 Å². The van der Waals surface area contributed by atoms with E-state index >= 15 is 0 Å². The highest BCUT2D eigenvalue weighted by atomic mass is 35.5. The number of aromatic nitrogens is 3. The van der Waals surface area contributed by atoms with Gasteiger partial charge in [-0.2, -0.15) is 18.2 Å². The fraction of sp³-hybridized carbons (Fsp3) is 0.300. The summed E-state index contributed by atoms with van der Waals surface area (Å²) in [6, 6.07) is 9.06. The second kappa shape index (κ2) is 8.64. The summed E-state index contributed by atoms with van der Waals surface area (Å²) < 4.78 is 47.2. The Labute approximate surface area is 181 Å². The molecule has 0 aliphatic carbocycles. The van der Waals surface area contributed by atoms with Crippen molar-refractivity contribution in [1.82, 2.24) is 20.5 Å². The molecule has 3 aromatic rings. The highest BCUT2D eigenvalue weighted by molar-refractivity contribution is 6.34. The van der Waals surface area contributed by atoms with Gasteiger partial charge < -0.3 is 21.1 Å². The van der Waals surface area contributed by atoms with Gasteiger partial charge in [0, 0.05) is 17.3 Å². The number of alkyl halides is 3. The molecule has 1 aliphatic rings. The highest BCUT2D eigenvalue weighted by Crippen LogP contribution is 2.43. The van der Waals surface area contributed by atoms with E-state index in [1.165, 1.54) is 6.07 Å². The summed E-state index contributed by atoms with van der Waals surface area (Å²) in [4.78, 5) is 3.82. The monoisotopic (exact) mass is 452 g/mol. The minimum atomic E-state index is -4.63. The number of H-pyrrole nitrogens is 1. The number of halogens is 4. The molecular weight excluding hydrogens is 433 g/mol. The molecule has 0 radical (unpaired) electrons. The van der Waals surface area contributed by atoms with Gasteiger partial charge >= 0.3 is 6.18 Å². The summed E-state index contributed by atoms with van der Waals surface area (Å²) in [6.07, 6.45) is -2.47. The van der Waals surface area contributed by atoms with Crippen LogP contribution in [0, 0.1) is 0 Å². The first-order valence-corrected chi connectivity index (χ1v) is 9.99. The molecule has 0 unspecified atom stereocenters. The van der Waals surface area contributed by atoms with E-state index in [1.807, 2.05) is 0 Å². The molecule has 1 aromatic heterocycles. The number of hydrogen-bond donors (Lipinski definition) is 4. The molecule has 164 valence electrons. The van der Waals surface area contributed by atoms with Crippen molar-refractivity contribution in [2.75, 3.05) is 24.2 Å². The molecule has 2 heterocycles. The van der Waals surface area contributed by atoms with Crippen molar-refractivity contribution >= 4 is 29.2 Å². The molecule has 7 nitrogen and oxygen atoms in total. The molecule has 1 fully saturated rings. The lowest BCUT2D eigenvalue weighted by Crippen LogP contribution is -2.28. The van der Waals surface area contributed by atoms with Crippen molar-refractivity contribution in [3.63, 3.8) is 0 Å². The van der Waals surface area contributed by atoms with Crippen LogP contribution >= 0.6 is 11.6 Å². The van der Waals surface area contributed by atoms with Gasteiger partial charge in [0.05, 0.1) is 10.6 Å². The summed E-state index contributed by atoms with van der Waals surface area (Å²) in [5, 5.41) is 12.1. The second-order valence-corrected chi connectivity index (χ2v) is 7.58. The summed E-state index contributed by atoms with van der Waals surface area (Å²) >= 11 is 6.28. The zero-order chi connectivity index (χ0) is 22.0. The lowest BCUT2D eigenvalue weighted by atomic mass is 9.98. The van der Waals surface area contributed by atoms with Crippen LogP contribution in [-0.4, -0.2) is 34.4 Å². The van der Waals surface area contributed by atoms with Gasteiger partial charge in [0.1, 0.15) is 12.4 Å². The van der Waals surface area contributed by atoms with E-state index in [-0.39, 0.29) is 28.2 Å². The zero-order valence-corrected chi connectivity index (χ0v) is 17.0. The highest BCUT2D eigenvalue weighted by Gasteiger charge is 2.35. The van der Waals surface area contributed by atoms with E-state index in [0.29, 0.717) is 24.0 Å². The van der Waals surface area contributed by atoms with Gasteiger partial charge in [-0.15, -0.1) is 5.10 Å². The van der Waals surface area contributed by atoms with E-state index < -0.39 is 11.7 Å². The fourth-order valence-electron chi connectivity index (χ4n) is 3.47. The lowest BCUT2D eigenvalue weighted by Gasteiger charge is -2.17. The van der Waals surface area contributed by atoms with Gasteiger partial charge in [-0.05, 0) is 49.2 Å². The van der Waals surface area contributed by atoms with Crippen molar-refractivity contribution < 1.29 is 17.9 Å². The van der Waals surface area contributed by atoms with Crippen molar-refractivity contribution in [2.24, 2.45) is 0 Å². The predicted molar refractivity (Wildman–Crippen MR) is 112 cm³/mol. The Morgan fingerprint density at radius 3 is 2.61 bits per heavy atom. The molecule has 0 saturated carbocycles. The summed E-state index contributed by atoms with van der Waals surface area (Å²) in [7, 11) is 0. The average Bonchev–Trinajstić information content (AvgIpc) is 3.37. The molecule has 1 atom stereocenters. The van der Waals surface area contributed by atoms with E-state index in [9.17, 15) is 13.2 Å². The van der Waals surface area contributed by atoms with Gasteiger partial charge in [0.15, 0.2) is 0 Å². The summed E-state index contributed by atoms with van der Waals surface area (Å²) in [5.74, 6) is 0.655. The Bertz CT molecular complexity index is 1050. The molecule has 0 spiro atoms. The van der Waals surface area contributed by atoms with E-state index in [0.717, 1.165) is 25.5 Å². The van der Waals surface area contributed by atoms with Crippen molar-refractivity contribution in [3.05, 3.63) is 47.0 Å². The third-order valence-corrected chi connectivity index (χ3v) is 5.21. The summed E-state index contributed by atoms with van der Waals surface area (Å²) in [5.41, 5.74) is 4.87. The fourth-order valence-corrected chi connectivity index (χ4v) is 3.80. The van der Waals surface area contributed by atoms with E-state index in [4.69, 9.17) is 22.1 Å². The van der Waals surface area contributed by atoms with Gasteiger partial charge in [-0.25, -0.2) is 5.10 Å². The number of ether oxygens (including phenoxy) is 1. The molecule has 5 N–H and O–H groups in total. The van der Waals surface area contributed by atoms with Crippen LogP contribution in [0.15, 0.2) is 36.4 Å². The van der Waals surface area contributed by atoms with Crippen LogP contribution in [0.1, 0.15) is 18.4 Å². The van der Waals surface area contributed by atoms with E-state index in [2.05, 4.69) is 25.8 Å². The third-order valence-electron chi connectivity index (χ3n) is 4.91. The standard InChI is InChI=1S/C20H20ClF3N6O/c21-16-9-13(27-19-28-18(25)29-30-19)8-15(20(22,23)24)17(16)11-3-5-14(6-4-11)31-10-12-2-1-7-26-12/h3-6,8-9,12,26H,1-2,7,10H2,(H4,25,27,28,29,30)/t12-/m1/s1. The van der Waals surface area contributed by atoms with E-state index in [1.54, 1.807) is 24.3 Å². The maximum Gasteiger partial charge on any atom is 0.417 e. The molecule has 4 rings (SSSR count). The Kier molecular flexibility index (Phi) is 5.92. The van der Waals surface area contributed by atoms with Gasteiger partial charge in [0.25, 0.3) is 0 Å². The first-order chi connectivity index (χ1) is 14.8. The van der Waals surface area contributed by atoms with Crippen molar-refractivity contribution in [1.29, 1.82) is 0 Å². The Balaban J connectivity index is 1.60. The van der Waals surface area contributed by atoms with Crippen LogP contribution in [0.25, 0.3) is 11.1 Å². The summed E-state index contributed by atoms with van der Waals surface area (Å²) in [6.45, 7) is 1.49. The average molecular weight is 453 g/mol. The van der Waals surface area contributed by atoms with Crippen LogP contribution in [-0.2, 0) is 6.18 Å². The number of nitrogens with one attached hydrogen (secondary N) is 3. The van der Waals surface area contributed by atoms with Crippen molar-refractivity contribution in [2.45, 2.75) is 25.1 Å². The van der Waals surface area contributed by atoms with Crippen LogP contribution in [0.5, 0.6) is 5.75 Å². The quantitative estimate of drug-likeness (QED) is 0.436. The minimum absolute atomic E-state index is 0.0345. The molecule has 11 heteroatoms. The number of benzene rings is 2. The van der Waals surface area contributed by atoms with Crippen LogP contribution in [0.4, 0.5) is 30.8 Å². The molecule has 31 heavy (non-hydrogen) atoms. The normalized spacial score (nSPS) is 16.5. The van der Waals surface area contributed by atoms with Gasteiger partial charge in [-0.1, -0.05) is 23.7 Å². The molecule has 0 bridgehead atoms. The first-order valence-electron chi connectivity index (χ1n) is 9.62. The van der Waals surface area contributed by atoms with Crippen LogP contribution in [0.3, 0.4) is 0 Å². The number of rotatable bonds is 6. The lowest BCUT2D eigenvalue weighted by molar-refractivity contribution is -0.137. The third kappa shape index (κ3) is 5.02. The number of anilines is 3. The minimum Gasteiger partial charge on any atom is -0.492 e. The molecule has 1 saturated heterocycles. The zero-order valence-electron chi connectivity index (χ0n) is 16.3. The number of nitrogens with zero attached hydrogens (tertiary/aromatic N) is 2. The molecule has 0 amide bonds. The van der Waals surface area contributed by atoms with Crippen LogP contribution in [0.2, 0.25) is 5.02 Å². The maximum atomic E-state index is 13.8. The number of hydrogen-bond acceptors (Lipinski definition) is 6. The van der Waals surface area contributed by atoms with Crippen molar-refractivity contribution in [3.8, 4) is 16.9 Å². The largest absolute Gasteiger partial charge is 0.492 e. The Morgan fingerprint density at radius 1 is 1.23 bits per heavy atom. The molecular formula is C20H20ClF3N6O. The first kappa shape index (κ1) is 21.3. The molecule has 1 aliphatic heterocycles. The number of aromatic amines is 1. The SMILES string of the molecule is Nc1nc(Nc2cc(Cl)c(-c3ccc(OC[C@H]4CCCN4)cc3)c(C(F)(F)F)c2)n[nH]1. The second-order valence-electron chi connectivity index (χ2n) is 7.18. The number of nitrogen functional groups attached to an aromatic ring is 1. The van der Waals surface area contributed by atoms with Crippen LogP contribution < -0.4 is 21.1 Å². The smallest absolute Gasteiger partial charge is 0.417 e.